The third-order valence-electron chi connectivity index (χ3n) is 4.46. The number of benzene rings is 3. The smallest absolute Gasteiger partial charge is 0.343 e. The fourth-order valence-electron chi connectivity index (χ4n) is 2.77. The summed E-state index contributed by atoms with van der Waals surface area (Å²) in [5, 5.41) is 21.0. The average Bonchev–Trinajstić information content (AvgIpc) is 2.79. The van der Waals surface area contributed by atoms with Crippen molar-refractivity contribution in [2.45, 2.75) is 6.92 Å². The molecule has 3 aromatic carbocycles. The molecule has 0 heterocycles. The van der Waals surface area contributed by atoms with Crippen LogP contribution in [0.5, 0.6) is 5.75 Å². The van der Waals surface area contributed by atoms with E-state index in [1.54, 1.807) is 42.5 Å². The van der Waals surface area contributed by atoms with E-state index in [1.165, 1.54) is 24.3 Å². The summed E-state index contributed by atoms with van der Waals surface area (Å²) in [5.74, 6) is -2.12. The number of esters is 1. The number of ether oxygens (including phenoxy) is 1. The van der Waals surface area contributed by atoms with Crippen molar-refractivity contribution < 1.29 is 24.2 Å². The molecule has 0 spiro atoms. The Kier molecular flexibility index (Phi) is 6.78. The van der Waals surface area contributed by atoms with Crippen LogP contribution in [0.15, 0.2) is 78.4 Å². The number of rotatable bonds is 6. The lowest BCUT2D eigenvalue weighted by Gasteiger charge is -2.08. The van der Waals surface area contributed by atoms with Crippen molar-refractivity contribution in [3.8, 4) is 11.8 Å². The third-order valence-corrected chi connectivity index (χ3v) is 4.46. The Labute approximate surface area is 184 Å². The molecule has 0 aliphatic heterocycles. The largest absolute Gasteiger partial charge is 0.478 e. The minimum absolute atomic E-state index is 0.0853. The van der Waals surface area contributed by atoms with Gasteiger partial charge in [0, 0.05) is 0 Å². The molecule has 0 aliphatic rings. The molecular formula is C25H18N2O5. The topological polar surface area (TPSA) is 116 Å². The van der Waals surface area contributed by atoms with Crippen LogP contribution in [0.2, 0.25) is 0 Å². The first-order chi connectivity index (χ1) is 15.4. The first-order valence-corrected chi connectivity index (χ1v) is 9.52. The molecule has 0 radical (unpaired) electrons. The van der Waals surface area contributed by atoms with Crippen molar-refractivity contribution in [1.82, 2.24) is 0 Å². The van der Waals surface area contributed by atoms with Crippen molar-refractivity contribution in [2.75, 3.05) is 5.32 Å². The molecule has 0 fully saturated rings. The number of nitrogens with zero attached hydrogens (tertiary/aromatic N) is 1. The minimum Gasteiger partial charge on any atom is -0.478 e. The van der Waals surface area contributed by atoms with Gasteiger partial charge in [-0.2, -0.15) is 5.26 Å². The number of nitriles is 1. The minimum atomic E-state index is -1.20. The molecule has 7 nitrogen and oxygen atoms in total. The maximum Gasteiger partial charge on any atom is 0.343 e. The first kappa shape index (κ1) is 22.0. The number of anilines is 1. The Bertz CT molecular complexity index is 1240. The zero-order chi connectivity index (χ0) is 23.1. The molecule has 2 N–H and O–H groups in total. The Morgan fingerprint density at radius 2 is 1.62 bits per heavy atom. The molecule has 0 bridgehead atoms. The maximum atomic E-state index is 12.5. The maximum absolute atomic E-state index is 12.5. The van der Waals surface area contributed by atoms with Gasteiger partial charge in [-0.15, -0.1) is 0 Å². The number of carbonyl (C=O) groups is 3. The van der Waals surface area contributed by atoms with E-state index in [0.29, 0.717) is 16.9 Å². The second-order valence-electron chi connectivity index (χ2n) is 6.80. The molecule has 0 saturated heterocycles. The molecule has 0 saturated carbocycles. The quantitative estimate of drug-likeness (QED) is 0.260. The van der Waals surface area contributed by atoms with E-state index >= 15 is 0 Å². The van der Waals surface area contributed by atoms with Crippen LogP contribution in [0.1, 0.15) is 31.8 Å². The summed E-state index contributed by atoms with van der Waals surface area (Å²) < 4.78 is 5.33. The van der Waals surface area contributed by atoms with Gasteiger partial charge in [0.25, 0.3) is 5.91 Å². The molecule has 7 heteroatoms. The summed E-state index contributed by atoms with van der Waals surface area (Å²) in [5.41, 5.74) is 1.77. The second-order valence-corrected chi connectivity index (χ2v) is 6.80. The van der Waals surface area contributed by atoms with Crippen LogP contribution < -0.4 is 10.1 Å². The average molecular weight is 426 g/mol. The Balaban J connectivity index is 1.72. The molecule has 0 unspecified atom stereocenters. The van der Waals surface area contributed by atoms with Gasteiger partial charge in [0.1, 0.15) is 17.4 Å². The van der Waals surface area contributed by atoms with Crippen LogP contribution in [0, 0.1) is 18.3 Å². The monoisotopic (exact) mass is 426 g/mol. The van der Waals surface area contributed by atoms with Gasteiger partial charge in [-0.3, -0.25) is 4.79 Å². The summed E-state index contributed by atoms with van der Waals surface area (Å²) in [6, 6.07) is 21.0. The number of para-hydroxylation sites is 1. The number of hydrogen-bond donors (Lipinski definition) is 2. The summed E-state index contributed by atoms with van der Waals surface area (Å²) in [7, 11) is 0. The Hall–Kier alpha value is -4.70. The van der Waals surface area contributed by atoms with Crippen molar-refractivity contribution in [2.24, 2.45) is 0 Å². The van der Waals surface area contributed by atoms with Crippen molar-refractivity contribution in [1.29, 1.82) is 5.26 Å². The van der Waals surface area contributed by atoms with Crippen molar-refractivity contribution >= 4 is 29.6 Å². The number of hydrogen-bond acceptors (Lipinski definition) is 5. The fourth-order valence-corrected chi connectivity index (χ4v) is 2.77. The number of aryl methyl sites for hydroxylation is 1. The molecule has 0 aliphatic carbocycles. The number of carboxylic acid groups (broad SMARTS) is 1. The second kappa shape index (κ2) is 9.87. The molecular weight excluding hydrogens is 408 g/mol. The lowest BCUT2D eigenvalue weighted by Crippen LogP contribution is -2.16. The fraction of sp³-hybridized carbons (Fsp3) is 0.0400. The van der Waals surface area contributed by atoms with Crippen LogP contribution in [0.3, 0.4) is 0 Å². The van der Waals surface area contributed by atoms with Gasteiger partial charge in [0.05, 0.1) is 16.8 Å². The van der Waals surface area contributed by atoms with Crippen LogP contribution >= 0.6 is 0 Å². The number of nitrogens with one attached hydrogen (secondary N) is 1. The van der Waals surface area contributed by atoms with Crippen LogP contribution in [-0.4, -0.2) is 23.0 Å². The molecule has 0 aromatic heterocycles. The van der Waals surface area contributed by atoms with E-state index in [0.717, 1.165) is 5.56 Å². The van der Waals surface area contributed by atoms with E-state index in [-0.39, 0.29) is 16.8 Å². The zero-order valence-electron chi connectivity index (χ0n) is 17.0. The summed E-state index contributed by atoms with van der Waals surface area (Å²) in [6.45, 7) is 1.92. The number of carbonyl (C=O) groups excluding carboxylic acids is 2. The van der Waals surface area contributed by atoms with Crippen molar-refractivity contribution in [3.63, 3.8) is 0 Å². The highest BCUT2D eigenvalue weighted by Crippen LogP contribution is 2.19. The van der Waals surface area contributed by atoms with E-state index in [4.69, 9.17) is 4.74 Å². The standard InChI is InChI=1S/C25H18N2O5/c1-16-6-10-18(11-7-16)25(31)32-20-12-8-17(9-13-20)14-19(15-26)23(28)27-22-5-3-2-4-21(22)24(29)30/h2-14H,1H3,(H,27,28)(H,29,30)/b19-14+. The molecule has 32 heavy (non-hydrogen) atoms. The van der Waals surface area contributed by atoms with Gasteiger partial charge in [0.2, 0.25) is 0 Å². The summed E-state index contributed by atoms with van der Waals surface area (Å²) in [4.78, 5) is 35.9. The van der Waals surface area contributed by atoms with Crippen LogP contribution in [0.25, 0.3) is 6.08 Å². The molecule has 0 atom stereocenters. The predicted molar refractivity (Wildman–Crippen MR) is 118 cm³/mol. The molecule has 3 rings (SSSR count). The van der Waals surface area contributed by atoms with E-state index in [1.807, 2.05) is 25.1 Å². The normalized spacial score (nSPS) is 10.7. The van der Waals surface area contributed by atoms with E-state index in [2.05, 4.69) is 5.32 Å². The summed E-state index contributed by atoms with van der Waals surface area (Å²) in [6.07, 6.45) is 1.35. The highest BCUT2D eigenvalue weighted by atomic mass is 16.5. The third kappa shape index (κ3) is 5.46. The Morgan fingerprint density at radius 1 is 0.969 bits per heavy atom. The van der Waals surface area contributed by atoms with Gasteiger partial charge in [0.15, 0.2) is 0 Å². The van der Waals surface area contributed by atoms with Crippen LogP contribution in [0.4, 0.5) is 5.69 Å². The lowest BCUT2D eigenvalue weighted by molar-refractivity contribution is -0.112. The number of carboxylic acids is 1. The van der Waals surface area contributed by atoms with Gasteiger partial charge in [-0.1, -0.05) is 42.0 Å². The predicted octanol–water partition coefficient (Wildman–Crippen LogP) is 4.46. The van der Waals surface area contributed by atoms with Gasteiger partial charge in [-0.05, 0) is 55.0 Å². The Morgan fingerprint density at radius 3 is 2.25 bits per heavy atom. The lowest BCUT2D eigenvalue weighted by atomic mass is 10.1. The van der Waals surface area contributed by atoms with Gasteiger partial charge < -0.3 is 15.2 Å². The van der Waals surface area contributed by atoms with Gasteiger partial charge >= 0.3 is 11.9 Å². The molecule has 3 aromatic rings. The summed E-state index contributed by atoms with van der Waals surface area (Å²) >= 11 is 0. The molecule has 1 amide bonds. The SMILES string of the molecule is Cc1ccc(C(=O)Oc2ccc(/C=C(\C#N)C(=O)Nc3ccccc3C(=O)O)cc2)cc1. The van der Waals surface area contributed by atoms with Crippen molar-refractivity contribution in [3.05, 3.63) is 101 Å². The van der Waals surface area contributed by atoms with E-state index in [9.17, 15) is 24.8 Å². The number of aromatic carboxylic acids is 1. The van der Waals surface area contributed by atoms with Gasteiger partial charge in [-0.25, -0.2) is 9.59 Å². The first-order valence-electron chi connectivity index (χ1n) is 9.52. The zero-order valence-corrected chi connectivity index (χ0v) is 17.0. The highest BCUT2D eigenvalue weighted by Gasteiger charge is 2.15. The molecule has 158 valence electrons. The highest BCUT2D eigenvalue weighted by molar-refractivity contribution is 6.11. The van der Waals surface area contributed by atoms with Crippen LogP contribution in [-0.2, 0) is 4.79 Å². The number of amides is 1. The van der Waals surface area contributed by atoms with E-state index < -0.39 is 17.8 Å².